The fourth-order valence-electron chi connectivity index (χ4n) is 2.02. The molecule has 0 saturated heterocycles. The molecule has 0 spiro atoms. The number of hydrogen-bond donors (Lipinski definition) is 1. The topological polar surface area (TPSA) is 30.5 Å². The summed E-state index contributed by atoms with van der Waals surface area (Å²) in [4.78, 5) is 0. The van der Waals surface area contributed by atoms with Gasteiger partial charge < -0.3 is 14.8 Å². The van der Waals surface area contributed by atoms with Crippen molar-refractivity contribution in [2.45, 2.75) is 13.0 Å². The lowest BCUT2D eigenvalue weighted by Crippen LogP contribution is -2.24. The molecule has 0 heterocycles. The minimum absolute atomic E-state index is 0.0884. The first-order valence-corrected chi connectivity index (χ1v) is 7.05. The zero-order chi connectivity index (χ0) is 15.9. The molecule has 2 aromatic rings. The average molecular weight is 307 g/mol. The van der Waals surface area contributed by atoms with E-state index in [2.05, 4.69) is 5.32 Å². The first kappa shape index (κ1) is 16.2. The van der Waals surface area contributed by atoms with Crippen LogP contribution in [0.25, 0.3) is 0 Å². The maximum atomic E-state index is 13.2. The van der Waals surface area contributed by atoms with E-state index in [-0.39, 0.29) is 6.04 Å². The largest absolute Gasteiger partial charge is 0.497 e. The maximum Gasteiger partial charge on any atom is 0.159 e. The van der Waals surface area contributed by atoms with Crippen LogP contribution in [0.5, 0.6) is 11.5 Å². The Morgan fingerprint density at radius 1 is 1.00 bits per heavy atom. The molecule has 22 heavy (non-hydrogen) atoms. The van der Waals surface area contributed by atoms with Crippen molar-refractivity contribution in [3.05, 3.63) is 59.7 Å². The molecule has 0 aromatic heterocycles. The summed E-state index contributed by atoms with van der Waals surface area (Å²) in [5.41, 5.74) is 0.698. The number of halogens is 2. The van der Waals surface area contributed by atoms with Gasteiger partial charge in [-0.1, -0.05) is 6.07 Å². The van der Waals surface area contributed by atoms with Gasteiger partial charge in [0.1, 0.15) is 18.1 Å². The van der Waals surface area contributed by atoms with Crippen LogP contribution in [-0.4, -0.2) is 20.3 Å². The summed E-state index contributed by atoms with van der Waals surface area (Å²) in [5, 5.41) is 3.20. The molecule has 0 aliphatic heterocycles. The summed E-state index contributed by atoms with van der Waals surface area (Å²) >= 11 is 0. The Hall–Kier alpha value is -2.14. The summed E-state index contributed by atoms with van der Waals surface area (Å²) in [6.07, 6.45) is 0. The van der Waals surface area contributed by atoms with Crippen molar-refractivity contribution in [1.29, 1.82) is 0 Å². The van der Waals surface area contributed by atoms with Crippen LogP contribution in [0.1, 0.15) is 18.5 Å². The summed E-state index contributed by atoms with van der Waals surface area (Å²) in [6, 6.07) is 11.1. The molecule has 1 atom stereocenters. The molecule has 2 rings (SSSR count). The van der Waals surface area contributed by atoms with E-state index in [0.717, 1.165) is 17.6 Å². The SMILES string of the molecule is COc1ccc(OCCNC(C)c2ccc(F)c(F)c2)cc1. The average Bonchev–Trinajstić information content (AvgIpc) is 2.54. The highest BCUT2D eigenvalue weighted by molar-refractivity contribution is 5.31. The zero-order valence-electron chi connectivity index (χ0n) is 12.6. The Morgan fingerprint density at radius 2 is 1.68 bits per heavy atom. The smallest absolute Gasteiger partial charge is 0.159 e. The standard InChI is InChI=1S/C17H19F2NO2/c1-12(13-3-8-16(18)17(19)11-13)20-9-10-22-15-6-4-14(21-2)5-7-15/h3-8,11-12,20H,9-10H2,1-2H3. The molecule has 0 aliphatic carbocycles. The van der Waals surface area contributed by atoms with Crippen molar-refractivity contribution in [1.82, 2.24) is 5.32 Å². The predicted octanol–water partition coefficient (Wildman–Crippen LogP) is 3.70. The summed E-state index contributed by atoms with van der Waals surface area (Å²) in [7, 11) is 1.61. The van der Waals surface area contributed by atoms with E-state index < -0.39 is 11.6 Å². The molecule has 0 fully saturated rings. The van der Waals surface area contributed by atoms with Crippen LogP contribution in [0.3, 0.4) is 0 Å². The van der Waals surface area contributed by atoms with E-state index in [1.54, 1.807) is 13.2 Å². The molecule has 3 nitrogen and oxygen atoms in total. The van der Waals surface area contributed by atoms with Crippen molar-refractivity contribution in [2.75, 3.05) is 20.3 Å². The van der Waals surface area contributed by atoms with E-state index in [9.17, 15) is 8.78 Å². The Balaban J connectivity index is 1.76. The third-order valence-electron chi connectivity index (χ3n) is 3.32. The van der Waals surface area contributed by atoms with Gasteiger partial charge in [-0.2, -0.15) is 0 Å². The van der Waals surface area contributed by atoms with Crippen molar-refractivity contribution in [3.8, 4) is 11.5 Å². The van der Waals surface area contributed by atoms with Crippen LogP contribution in [0, 0.1) is 11.6 Å². The van der Waals surface area contributed by atoms with Crippen LogP contribution in [0.2, 0.25) is 0 Å². The normalized spacial score (nSPS) is 12.0. The van der Waals surface area contributed by atoms with Crippen molar-refractivity contribution < 1.29 is 18.3 Å². The van der Waals surface area contributed by atoms with Gasteiger partial charge in [0.05, 0.1) is 7.11 Å². The van der Waals surface area contributed by atoms with Crippen LogP contribution >= 0.6 is 0 Å². The van der Waals surface area contributed by atoms with Crippen LogP contribution in [0.4, 0.5) is 8.78 Å². The lowest BCUT2D eigenvalue weighted by Gasteiger charge is -2.15. The van der Waals surface area contributed by atoms with E-state index in [1.165, 1.54) is 6.07 Å². The van der Waals surface area contributed by atoms with E-state index in [4.69, 9.17) is 9.47 Å². The minimum atomic E-state index is -0.834. The van der Waals surface area contributed by atoms with Crippen LogP contribution in [0.15, 0.2) is 42.5 Å². The van der Waals surface area contributed by atoms with Gasteiger partial charge in [-0.15, -0.1) is 0 Å². The molecule has 0 radical (unpaired) electrons. The van der Waals surface area contributed by atoms with Crippen LogP contribution < -0.4 is 14.8 Å². The van der Waals surface area contributed by atoms with E-state index in [0.29, 0.717) is 18.7 Å². The minimum Gasteiger partial charge on any atom is -0.497 e. The molecule has 1 unspecified atom stereocenters. The molecule has 0 aliphatic rings. The van der Waals surface area contributed by atoms with Crippen molar-refractivity contribution in [2.24, 2.45) is 0 Å². The second kappa shape index (κ2) is 7.75. The molecule has 0 bridgehead atoms. The number of benzene rings is 2. The summed E-state index contributed by atoms with van der Waals surface area (Å²) in [5.74, 6) is -0.139. The third kappa shape index (κ3) is 4.43. The van der Waals surface area contributed by atoms with Gasteiger partial charge in [0.15, 0.2) is 11.6 Å². The van der Waals surface area contributed by atoms with Gasteiger partial charge in [-0.3, -0.25) is 0 Å². The number of nitrogens with one attached hydrogen (secondary N) is 1. The fourth-order valence-corrected chi connectivity index (χ4v) is 2.02. The third-order valence-corrected chi connectivity index (χ3v) is 3.32. The molecular weight excluding hydrogens is 288 g/mol. The summed E-state index contributed by atoms with van der Waals surface area (Å²) in [6.45, 7) is 2.95. The quantitative estimate of drug-likeness (QED) is 0.791. The van der Waals surface area contributed by atoms with Gasteiger partial charge in [0.25, 0.3) is 0 Å². The summed E-state index contributed by atoms with van der Waals surface area (Å²) < 4.78 is 36.7. The highest BCUT2D eigenvalue weighted by Gasteiger charge is 2.08. The van der Waals surface area contributed by atoms with E-state index >= 15 is 0 Å². The highest BCUT2D eigenvalue weighted by atomic mass is 19.2. The number of hydrogen-bond acceptors (Lipinski definition) is 3. The lowest BCUT2D eigenvalue weighted by atomic mass is 10.1. The Bertz CT molecular complexity index is 602. The van der Waals surface area contributed by atoms with Gasteiger partial charge in [0, 0.05) is 12.6 Å². The monoisotopic (exact) mass is 307 g/mol. The Labute approximate surface area is 128 Å². The second-order valence-electron chi connectivity index (χ2n) is 4.87. The van der Waals surface area contributed by atoms with Gasteiger partial charge in [-0.25, -0.2) is 8.78 Å². The van der Waals surface area contributed by atoms with Gasteiger partial charge in [0.2, 0.25) is 0 Å². The first-order valence-electron chi connectivity index (χ1n) is 7.05. The Kier molecular flexibility index (Phi) is 5.72. The lowest BCUT2D eigenvalue weighted by molar-refractivity contribution is 0.307. The van der Waals surface area contributed by atoms with Crippen molar-refractivity contribution in [3.63, 3.8) is 0 Å². The molecule has 2 aromatic carbocycles. The molecule has 0 saturated carbocycles. The number of ether oxygens (including phenoxy) is 2. The van der Waals surface area contributed by atoms with Gasteiger partial charge in [-0.05, 0) is 48.9 Å². The first-order chi connectivity index (χ1) is 10.6. The fraction of sp³-hybridized carbons (Fsp3) is 0.294. The van der Waals surface area contributed by atoms with Crippen LogP contribution in [-0.2, 0) is 0 Å². The molecule has 5 heteroatoms. The molecular formula is C17H19F2NO2. The highest BCUT2D eigenvalue weighted by Crippen LogP contribution is 2.17. The number of methoxy groups -OCH3 is 1. The Morgan fingerprint density at radius 3 is 2.32 bits per heavy atom. The van der Waals surface area contributed by atoms with Crippen molar-refractivity contribution >= 4 is 0 Å². The van der Waals surface area contributed by atoms with E-state index in [1.807, 2.05) is 31.2 Å². The molecule has 0 amide bonds. The predicted molar refractivity (Wildman–Crippen MR) is 81.3 cm³/mol. The zero-order valence-corrected chi connectivity index (χ0v) is 12.6. The second-order valence-corrected chi connectivity index (χ2v) is 4.87. The molecule has 1 N–H and O–H groups in total. The number of rotatable bonds is 7. The maximum absolute atomic E-state index is 13.2. The molecule has 118 valence electrons. The van der Waals surface area contributed by atoms with Gasteiger partial charge >= 0.3 is 0 Å².